The van der Waals surface area contributed by atoms with Gasteiger partial charge < -0.3 is 9.72 Å². The SMILES string of the molecule is COc1ccc(-c2cc3nc(CN(Cc4ccccc4)C(C)C)[nH]c(=O)c3s2)cc1. The summed E-state index contributed by atoms with van der Waals surface area (Å²) < 4.78 is 5.89. The van der Waals surface area contributed by atoms with Crippen molar-refractivity contribution in [1.29, 1.82) is 0 Å². The number of nitrogens with one attached hydrogen (secondary N) is 1. The van der Waals surface area contributed by atoms with Gasteiger partial charge in [0.25, 0.3) is 5.56 Å². The van der Waals surface area contributed by atoms with Crippen molar-refractivity contribution in [2.45, 2.75) is 33.0 Å². The van der Waals surface area contributed by atoms with E-state index in [1.807, 2.05) is 48.5 Å². The summed E-state index contributed by atoms with van der Waals surface area (Å²) in [6.45, 7) is 5.71. The van der Waals surface area contributed by atoms with E-state index in [0.717, 1.165) is 28.3 Å². The predicted octanol–water partition coefficient (Wildman–Crippen LogP) is 5.07. The van der Waals surface area contributed by atoms with Crippen molar-refractivity contribution in [2.75, 3.05) is 7.11 Å². The minimum Gasteiger partial charge on any atom is -0.497 e. The molecule has 0 aliphatic heterocycles. The minimum absolute atomic E-state index is 0.0804. The number of thiophene rings is 1. The highest BCUT2D eigenvalue weighted by atomic mass is 32.1. The second kappa shape index (κ2) is 8.81. The lowest BCUT2D eigenvalue weighted by molar-refractivity contribution is 0.198. The number of benzene rings is 2. The van der Waals surface area contributed by atoms with E-state index in [0.29, 0.717) is 23.1 Å². The van der Waals surface area contributed by atoms with Crippen LogP contribution < -0.4 is 10.3 Å². The Kier molecular flexibility index (Phi) is 5.97. The fourth-order valence-electron chi connectivity index (χ4n) is 3.39. The highest BCUT2D eigenvalue weighted by Gasteiger charge is 2.15. The first-order chi connectivity index (χ1) is 14.5. The molecule has 154 valence electrons. The molecule has 0 atom stereocenters. The molecule has 0 unspecified atom stereocenters. The molecule has 1 N–H and O–H groups in total. The van der Waals surface area contributed by atoms with Crippen LogP contribution >= 0.6 is 11.3 Å². The van der Waals surface area contributed by atoms with Gasteiger partial charge in [0.1, 0.15) is 16.3 Å². The summed E-state index contributed by atoms with van der Waals surface area (Å²) in [4.78, 5) is 23.8. The van der Waals surface area contributed by atoms with Crippen molar-refractivity contribution < 1.29 is 4.74 Å². The lowest BCUT2D eigenvalue weighted by Gasteiger charge is -2.26. The largest absolute Gasteiger partial charge is 0.497 e. The van der Waals surface area contributed by atoms with Gasteiger partial charge in [0.05, 0.1) is 19.2 Å². The first-order valence-electron chi connectivity index (χ1n) is 9.98. The Labute approximate surface area is 180 Å². The molecule has 2 aromatic carbocycles. The van der Waals surface area contributed by atoms with E-state index in [-0.39, 0.29) is 5.56 Å². The van der Waals surface area contributed by atoms with Gasteiger partial charge in [-0.3, -0.25) is 9.69 Å². The molecular formula is C24H25N3O2S. The van der Waals surface area contributed by atoms with Crippen LogP contribution in [0.5, 0.6) is 5.75 Å². The summed E-state index contributed by atoms with van der Waals surface area (Å²) in [5.41, 5.74) is 2.95. The fourth-order valence-corrected chi connectivity index (χ4v) is 4.39. The third-order valence-electron chi connectivity index (χ3n) is 5.12. The molecule has 4 aromatic rings. The first kappa shape index (κ1) is 20.3. The van der Waals surface area contributed by atoms with Crippen LogP contribution in [0.2, 0.25) is 0 Å². The van der Waals surface area contributed by atoms with E-state index in [4.69, 9.17) is 9.72 Å². The zero-order valence-electron chi connectivity index (χ0n) is 17.4. The van der Waals surface area contributed by atoms with Gasteiger partial charge in [-0.05, 0) is 55.3 Å². The first-order valence-corrected chi connectivity index (χ1v) is 10.8. The van der Waals surface area contributed by atoms with E-state index in [1.165, 1.54) is 16.9 Å². The molecule has 0 saturated heterocycles. The van der Waals surface area contributed by atoms with Crippen LogP contribution in [0.25, 0.3) is 20.7 Å². The van der Waals surface area contributed by atoms with Crippen LogP contribution in [0.4, 0.5) is 0 Å². The molecule has 5 nitrogen and oxygen atoms in total. The number of fused-ring (bicyclic) bond motifs is 1. The molecule has 0 fully saturated rings. The van der Waals surface area contributed by atoms with Crippen molar-refractivity contribution in [3.8, 4) is 16.2 Å². The molecule has 2 heterocycles. The molecule has 0 saturated carbocycles. The summed E-state index contributed by atoms with van der Waals surface area (Å²) in [5, 5.41) is 0. The van der Waals surface area contributed by atoms with Gasteiger partial charge in [-0.25, -0.2) is 4.98 Å². The van der Waals surface area contributed by atoms with Gasteiger partial charge in [-0.2, -0.15) is 0 Å². The standard InChI is InChI=1S/C24H25N3O2S/c1-16(2)27(14-17-7-5-4-6-8-17)15-22-25-20-13-21(30-23(20)24(28)26-22)18-9-11-19(29-3)12-10-18/h4-13,16H,14-15H2,1-3H3,(H,25,26,28). The minimum atomic E-state index is -0.0804. The lowest BCUT2D eigenvalue weighted by atomic mass is 10.2. The van der Waals surface area contributed by atoms with E-state index in [9.17, 15) is 4.79 Å². The number of methoxy groups -OCH3 is 1. The van der Waals surface area contributed by atoms with Crippen LogP contribution in [0.15, 0.2) is 65.5 Å². The quantitative estimate of drug-likeness (QED) is 0.454. The molecule has 0 amide bonds. The van der Waals surface area contributed by atoms with Crippen LogP contribution in [0, 0.1) is 0 Å². The van der Waals surface area contributed by atoms with Gasteiger partial charge in [0, 0.05) is 17.5 Å². The van der Waals surface area contributed by atoms with Crippen LogP contribution in [0.1, 0.15) is 25.2 Å². The highest BCUT2D eigenvalue weighted by Crippen LogP contribution is 2.31. The Morgan fingerprint density at radius 3 is 2.47 bits per heavy atom. The van der Waals surface area contributed by atoms with Crippen LogP contribution in [0.3, 0.4) is 0 Å². The molecule has 0 bridgehead atoms. The molecule has 30 heavy (non-hydrogen) atoms. The third-order valence-corrected chi connectivity index (χ3v) is 6.29. The summed E-state index contributed by atoms with van der Waals surface area (Å²) in [5.74, 6) is 1.50. The Morgan fingerprint density at radius 2 is 1.80 bits per heavy atom. The summed E-state index contributed by atoms with van der Waals surface area (Å²) in [6, 6.07) is 20.5. The number of hydrogen-bond donors (Lipinski definition) is 1. The number of nitrogens with zero attached hydrogens (tertiary/aromatic N) is 2. The number of aromatic nitrogens is 2. The van der Waals surface area contributed by atoms with Crippen molar-refractivity contribution in [3.63, 3.8) is 0 Å². The molecule has 0 aliphatic carbocycles. The molecule has 0 aliphatic rings. The van der Waals surface area contributed by atoms with Crippen LogP contribution in [-0.2, 0) is 13.1 Å². The van der Waals surface area contributed by atoms with Crippen molar-refractivity contribution >= 4 is 21.6 Å². The number of aromatic amines is 1. The Hall–Kier alpha value is -2.96. The average molecular weight is 420 g/mol. The number of hydrogen-bond acceptors (Lipinski definition) is 5. The second-order valence-electron chi connectivity index (χ2n) is 7.55. The van der Waals surface area contributed by atoms with Gasteiger partial charge in [-0.1, -0.05) is 30.3 Å². The maximum atomic E-state index is 12.7. The smallest absolute Gasteiger partial charge is 0.268 e. The second-order valence-corrected chi connectivity index (χ2v) is 8.60. The van der Waals surface area contributed by atoms with Crippen molar-refractivity contribution in [3.05, 3.63) is 82.4 Å². The average Bonchev–Trinajstić information content (AvgIpc) is 3.19. The van der Waals surface area contributed by atoms with Crippen molar-refractivity contribution in [2.24, 2.45) is 0 Å². The zero-order valence-corrected chi connectivity index (χ0v) is 18.2. The molecule has 6 heteroatoms. The summed E-state index contributed by atoms with van der Waals surface area (Å²) >= 11 is 1.47. The maximum absolute atomic E-state index is 12.7. The molecule has 4 rings (SSSR count). The topological polar surface area (TPSA) is 58.2 Å². The van der Waals surface area contributed by atoms with E-state index in [2.05, 4.69) is 35.9 Å². The molecule has 0 radical (unpaired) electrons. The monoisotopic (exact) mass is 419 g/mol. The Bertz CT molecular complexity index is 1180. The van der Waals surface area contributed by atoms with Crippen LogP contribution in [-0.4, -0.2) is 28.0 Å². The van der Waals surface area contributed by atoms with Gasteiger partial charge in [-0.15, -0.1) is 11.3 Å². The number of rotatable bonds is 7. The summed E-state index contributed by atoms with van der Waals surface area (Å²) in [7, 11) is 1.65. The normalized spacial score (nSPS) is 11.5. The molecule has 2 aromatic heterocycles. The zero-order chi connectivity index (χ0) is 21.1. The summed E-state index contributed by atoms with van der Waals surface area (Å²) in [6.07, 6.45) is 0. The lowest BCUT2D eigenvalue weighted by Crippen LogP contribution is -2.31. The fraction of sp³-hybridized carbons (Fsp3) is 0.250. The highest BCUT2D eigenvalue weighted by molar-refractivity contribution is 7.22. The molecule has 0 spiro atoms. The van der Waals surface area contributed by atoms with Crippen molar-refractivity contribution in [1.82, 2.24) is 14.9 Å². The van der Waals surface area contributed by atoms with Gasteiger partial charge in [0.2, 0.25) is 0 Å². The number of ether oxygens (including phenoxy) is 1. The molecular weight excluding hydrogens is 394 g/mol. The maximum Gasteiger partial charge on any atom is 0.268 e. The van der Waals surface area contributed by atoms with Gasteiger partial charge >= 0.3 is 0 Å². The van der Waals surface area contributed by atoms with Gasteiger partial charge in [0.15, 0.2) is 0 Å². The predicted molar refractivity (Wildman–Crippen MR) is 123 cm³/mol. The third kappa shape index (κ3) is 4.45. The number of H-pyrrole nitrogens is 1. The van der Waals surface area contributed by atoms with E-state index < -0.39 is 0 Å². The Balaban J connectivity index is 1.62. The Morgan fingerprint density at radius 1 is 1.07 bits per heavy atom. The van der Waals surface area contributed by atoms with E-state index in [1.54, 1.807) is 7.11 Å². The van der Waals surface area contributed by atoms with E-state index >= 15 is 0 Å².